The van der Waals surface area contributed by atoms with Gasteiger partial charge in [-0.3, -0.25) is 4.84 Å². The van der Waals surface area contributed by atoms with Crippen LogP contribution < -0.4 is 5.32 Å². The summed E-state index contributed by atoms with van der Waals surface area (Å²) < 4.78 is 25.9. The summed E-state index contributed by atoms with van der Waals surface area (Å²) in [5.74, 6) is 0. The van der Waals surface area contributed by atoms with Gasteiger partial charge in [-0.2, -0.15) is 8.78 Å². The van der Waals surface area contributed by atoms with E-state index < -0.39 is 22.5 Å². The zero-order chi connectivity index (χ0) is 12.3. The fourth-order valence-corrected chi connectivity index (χ4v) is 1.15. The van der Waals surface area contributed by atoms with Gasteiger partial charge in [-0.25, -0.2) is 4.79 Å². The highest BCUT2D eigenvalue weighted by Gasteiger charge is 2.40. The Labute approximate surface area is 92.5 Å². The highest BCUT2D eigenvalue weighted by Crippen LogP contribution is 2.31. The highest BCUT2D eigenvalue weighted by molar-refractivity contribution is 7.82. The van der Waals surface area contributed by atoms with Gasteiger partial charge < -0.3 is 5.32 Å². The molecule has 0 bridgehead atoms. The van der Waals surface area contributed by atoms with Gasteiger partial charge in [0.2, 0.25) is 0 Å². The Kier molecular flexibility index (Phi) is 4.51. The summed E-state index contributed by atoms with van der Waals surface area (Å²) in [6, 6.07) is 0. The minimum absolute atomic E-state index is 0.609. The Hall–Kier alpha value is -0.850. The molecule has 0 aromatic carbocycles. The maximum atomic E-state index is 13.0. The minimum Gasteiger partial charge on any atom is -0.323 e. The fourth-order valence-electron chi connectivity index (χ4n) is 0.776. The van der Waals surface area contributed by atoms with Crippen LogP contribution in [0.25, 0.3) is 0 Å². The van der Waals surface area contributed by atoms with Crippen molar-refractivity contribution in [3.05, 3.63) is 0 Å². The van der Waals surface area contributed by atoms with Crippen molar-refractivity contribution in [3.8, 4) is 0 Å². The molecular formula is C8H14F2N2O2S. The summed E-state index contributed by atoms with van der Waals surface area (Å²) >= 11 is 3.10. The maximum Gasteiger partial charge on any atom is 0.433 e. The number of rotatable bonds is 2. The van der Waals surface area contributed by atoms with Crippen molar-refractivity contribution in [2.24, 2.45) is 10.6 Å². The number of carbonyl (C=O) groups excluding carboxylic acids is 1. The lowest BCUT2D eigenvalue weighted by molar-refractivity contribution is 0.137. The molecule has 15 heavy (non-hydrogen) atoms. The lowest BCUT2D eigenvalue weighted by Gasteiger charge is -2.24. The summed E-state index contributed by atoms with van der Waals surface area (Å²) in [6.45, 7) is 4.55. The molecule has 0 aliphatic heterocycles. The van der Waals surface area contributed by atoms with Crippen LogP contribution in [0.15, 0.2) is 5.16 Å². The zero-order valence-corrected chi connectivity index (χ0v) is 9.86. The first-order chi connectivity index (χ1) is 6.59. The molecule has 0 atom stereocenters. The second-order valence-electron chi connectivity index (χ2n) is 3.86. The molecule has 0 rings (SSSR count). The van der Waals surface area contributed by atoms with Crippen LogP contribution in [0.1, 0.15) is 20.8 Å². The number of halogens is 2. The topological polar surface area (TPSA) is 50.7 Å². The van der Waals surface area contributed by atoms with E-state index in [0.29, 0.717) is 0 Å². The Morgan fingerprint density at radius 3 is 2.13 bits per heavy atom. The van der Waals surface area contributed by atoms with Crippen molar-refractivity contribution in [1.82, 2.24) is 5.32 Å². The molecule has 0 aromatic rings. The molecule has 0 aliphatic rings. The van der Waals surface area contributed by atoms with Crippen molar-refractivity contribution < 1.29 is 18.4 Å². The number of thiol groups is 1. The number of carbonyl (C=O) groups is 1. The number of hydrogen-bond donors (Lipinski definition) is 2. The van der Waals surface area contributed by atoms with E-state index in [0.717, 1.165) is 0 Å². The molecule has 0 unspecified atom stereocenters. The van der Waals surface area contributed by atoms with E-state index in [1.165, 1.54) is 27.8 Å². The molecule has 0 aliphatic carbocycles. The van der Waals surface area contributed by atoms with Crippen LogP contribution in [0, 0.1) is 5.41 Å². The normalized spacial score (nSPS) is 13.7. The van der Waals surface area contributed by atoms with Gasteiger partial charge in [0.15, 0.2) is 0 Å². The molecule has 4 nitrogen and oxygen atoms in total. The molecule has 1 amide bonds. The highest BCUT2D eigenvalue weighted by atomic mass is 32.1. The molecule has 0 saturated carbocycles. The van der Waals surface area contributed by atoms with Crippen LogP contribution in [0.4, 0.5) is 13.6 Å². The van der Waals surface area contributed by atoms with Gasteiger partial charge in [-0.15, -0.1) is 0 Å². The largest absolute Gasteiger partial charge is 0.433 e. The third-order valence-electron chi connectivity index (χ3n) is 1.42. The molecule has 0 aromatic heterocycles. The maximum absolute atomic E-state index is 13.0. The van der Waals surface area contributed by atoms with E-state index in [4.69, 9.17) is 0 Å². The number of nitrogens with zero attached hydrogens (tertiary/aromatic N) is 1. The Morgan fingerprint density at radius 1 is 1.40 bits per heavy atom. The van der Waals surface area contributed by atoms with Crippen LogP contribution >= 0.6 is 12.6 Å². The average Bonchev–Trinajstić information content (AvgIpc) is 1.99. The summed E-state index contributed by atoms with van der Waals surface area (Å²) in [4.78, 5) is 14.9. The van der Waals surface area contributed by atoms with Gasteiger partial charge in [-0.05, 0) is 0 Å². The summed E-state index contributed by atoms with van der Waals surface area (Å²) in [7, 11) is 1.30. The Bertz CT molecular complexity index is 253. The number of oxime groups is 1. The van der Waals surface area contributed by atoms with E-state index in [2.05, 4.69) is 27.9 Å². The van der Waals surface area contributed by atoms with E-state index in [-0.39, 0.29) is 0 Å². The third-order valence-corrected chi connectivity index (χ3v) is 1.63. The number of nitrogens with one attached hydrogen (secondary N) is 1. The zero-order valence-electron chi connectivity index (χ0n) is 8.97. The lowest BCUT2D eigenvalue weighted by atomic mass is 9.90. The van der Waals surface area contributed by atoms with Gasteiger partial charge in [0.25, 0.3) is 0 Å². The molecule has 0 radical (unpaired) electrons. The first-order valence-corrected chi connectivity index (χ1v) is 4.61. The van der Waals surface area contributed by atoms with Gasteiger partial charge in [-0.1, -0.05) is 38.6 Å². The van der Waals surface area contributed by atoms with Crippen molar-refractivity contribution in [3.63, 3.8) is 0 Å². The molecule has 1 N–H and O–H groups in total. The predicted molar refractivity (Wildman–Crippen MR) is 56.4 cm³/mol. The van der Waals surface area contributed by atoms with Crippen LogP contribution in [0.2, 0.25) is 0 Å². The van der Waals surface area contributed by atoms with Gasteiger partial charge in [0.05, 0.1) is 0 Å². The lowest BCUT2D eigenvalue weighted by Crippen LogP contribution is -2.35. The van der Waals surface area contributed by atoms with Crippen LogP contribution in [-0.2, 0) is 4.84 Å². The SMILES string of the molecule is CNC(=O)ON=C(C(C)(C)C)C(F)(F)S. The molecule has 7 heteroatoms. The number of amides is 1. The number of alkyl halides is 2. The molecule has 0 saturated heterocycles. The van der Waals surface area contributed by atoms with Crippen LogP contribution in [0.3, 0.4) is 0 Å². The van der Waals surface area contributed by atoms with E-state index in [9.17, 15) is 13.6 Å². The smallest absolute Gasteiger partial charge is 0.323 e. The van der Waals surface area contributed by atoms with Crippen LogP contribution in [-0.4, -0.2) is 24.1 Å². The van der Waals surface area contributed by atoms with Crippen molar-refractivity contribution in [2.45, 2.75) is 26.0 Å². The molecule has 0 spiro atoms. The standard InChI is InChI=1S/C8H14F2N2O2S/c1-7(2,3)5(8(9,10)15)12-14-6(13)11-4/h15H,1-4H3,(H,11,13). The fraction of sp³-hybridized carbons (Fsp3) is 0.750. The number of hydrogen-bond acceptors (Lipinski definition) is 4. The van der Waals surface area contributed by atoms with Gasteiger partial charge in [0.1, 0.15) is 5.71 Å². The minimum atomic E-state index is -3.42. The monoisotopic (exact) mass is 240 g/mol. The summed E-state index contributed by atoms with van der Waals surface area (Å²) in [5, 5.41) is 1.78. The molecular weight excluding hydrogens is 226 g/mol. The summed E-state index contributed by atoms with van der Waals surface area (Å²) in [6.07, 6.45) is -0.908. The second kappa shape index (κ2) is 4.78. The first kappa shape index (κ1) is 14.2. The van der Waals surface area contributed by atoms with E-state index in [1.807, 2.05) is 0 Å². The van der Waals surface area contributed by atoms with E-state index >= 15 is 0 Å². The first-order valence-electron chi connectivity index (χ1n) is 4.17. The van der Waals surface area contributed by atoms with Gasteiger partial charge >= 0.3 is 11.3 Å². The van der Waals surface area contributed by atoms with Gasteiger partial charge in [0, 0.05) is 12.5 Å². The molecule has 0 fully saturated rings. The Balaban J connectivity index is 4.89. The van der Waals surface area contributed by atoms with Crippen LogP contribution in [0.5, 0.6) is 0 Å². The van der Waals surface area contributed by atoms with Crippen molar-refractivity contribution in [2.75, 3.05) is 7.05 Å². The average molecular weight is 240 g/mol. The van der Waals surface area contributed by atoms with Crippen molar-refractivity contribution in [1.29, 1.82) is 0 Å². The van der Waals surface area contributed by atoms with E-state index in [1.54, 1.807) is 0 Å². The summed E-state index contributed by atoms with van der Waals surface area (Å²) in [5.41, 5.74) is -1.55. The van der Waals surface area contributed by atoms with Crippen molar-refractivity contribution >= 4 is 24.4 Å². The molecule has 88 valence electrons. The predicted octanol–water partition coefficient (Wildman–Crippen LogP) is 2.27. The second-order valence-corrected chi connectivity index (χ2v) is 4.42. The molecule has 0 heterocycles. The Morgan fingerprint density at radius 2 is 1.87 bits per heavy atom. The third kappa shape index (κ3) is 4.96. The quantitative estimate of drug-likeness (QED) is 0.337.